The first-order chi connectivity index (χ1) is 14.8. The molecular formula is C23H25FN2O4S. The fourth-order valence-corrected chi connectivity index (χ4v) is 4.60. The van der Waals surface area contributed by atoms with Crippen molar-refractivity contribution >= 4 is 32.4 Å². The van der Waals surface area contributed by atoms with E-state index < -0.39 is 27.8 Å². The summed E-state index contributed by atoms with van der Waals surface area (Å²) in [5, 5.41) is 4.84. The van der Waals surface area contributed by atoms with Gasteiger partial charge in [-0.15, -0.1) is 0 Å². The summed E-state index contributed by atoms with van der Waals surface area (Å²) in [7, 11) is -3.89. The Morgan fingerprint density at radius 2 is 1.74 bits per heavy atom. The molecule has 0 spiro atoms. The number of sulfonamides is 1. The fraction of sp³-hybridized carbons (Fsp3) is 0.261. The molecule has 31 heavy (non-hydrogen) atoms. The lowest BCUT2D eigenvalue weighted by molar-refractivity contribution is -0.122. The van der Waals surface area contributed by atoms with E-state index in [0.717, 1.165) is 27.4 Å². The third-order valence-electron chi connectivity index (χ3n) is 4.81. The quantitative estimate of drug-likeness (QED) is 0.511. The van der Waals surface area contributed by atoms with Crippen molar-refractivity contribution in [3.05, 3.63) is 72.5 Å². The summed E-state index contributed by atoms with van der Waals surface area (Å²) in [5.41, 5.74) is -0.153. The molecule has 0 heterocycles. The van der Waals surface area contributed by atoms with Gasteiger partial charge in [0, 0.05) is 0 Å². The smallest absolute Gasteiger partial charge is 0.244 e. The SMILES string of the molecule is CC[C@H](C(=O)NCCOc1ccc2ccccc2c1)N(c1ccccc1F)S(C)(=O)=O. The highest BCUT2D eigenvalue weighted by Crippen LogP contribution is 2.25. The summed E-state index contributed by atoms with van der Waals surface area (Å²) in [6, 6.07) is 18.0. The van der Waals surface area contributed by atoms with Crippen LogP contribution in [0.2, 0.25) is 0 Å². The van der Waals surface area contributed by atoms with Crippen LogP contribution in [0.3, 0.4) is 0 Å². The first-order valence-electron chi connectivity index (χ1n) is 9.94. The summed E-state index contributed by atoms with van der Waals surface area (Å²) in [6.45, 7) is 2.06. The highest BCUT2D eigenvalue weighted by molar-refractivity contribution is 7.92. The molecule has 0 unspecified atom stereocenters. The molecule has 0 aliphatic heterocycles. The second-order valence-corrected chi connectivity index (χ2v) is 8.94. The van der Waals surface area contributed by atoms with Gasteiger partial charge in [-0.3, -0.25) is 9.10 Å². The van der Waals surface area contributed by atoms with Crippen LogP contribution in [0.4, 0.5) is 10.1 Å². The number of nitrogens with zero attached hydrogens (tertiary/aromatic N) is 1. The maximum Gasteiger partial charge on any atom is 0.244 e. The summed E-state index contributed by atoms with van der Waals surface area (Å²) < 4.78 is 45.5. The molecule has 3 aromatic carbocycles. The summed E-state index contributed by atoms with van der Waals surface area (Å²) >= 11 is 0. The number of hydrogen-bond acceptors (Lipinski definition) is 4. The Bertz CT molecular complexity index is 1170. The van der Waals surface area contributed by atoms with Crippen molar-refractivity contribution in [3.63, 3.8) is 0 Å². The normalized spacial score (nSPS) is 12.4. The Labute approximate surface area is 181 Å². The van der Waals surface area contributed by atoms with Crippen LogP contribution in [-0.4, -0.2) is 39.8 Å². The number of halogens is 1. The van der Waals surface area contributed by atoms with Gasteiger partial charge in [-0.2, -0.15) is 0 Å². The van der Waals surface area contributed by atoms with Crippen LogP contribution in [0.5, 0.6) is 5.75 Å². The van der Waals surface area contributed by atoms with Crippen LogP contribution in [-0.2, 0) is 14.8 Å². The van der Waals surface area contributed by atoms with Gasteiger partial charge in [0.05, 0.1) is 18.5 Å². The second-order valence-electron chi connectivity index (χ2n) is 7.08. The minimum atomic E-state index is -3.89. The number of ether oxygens (including phenoxy) is 1. The third-order valence-corrected chi connectivity index (χ3v) is 5.98. The van der Waals surface area contributed by atoms with Crippen molar-refractivity contribution in [2.24, 2.45) is 0 Å². The van der Waals surface area contributed by atoms with E-state index in [9.17, 15) is 17.6 Å². The molecule has 0 bridgehead atoms. The molecule has 3 rings (SSSR count). The van der Waals surface area contributed by atoms with Gasteiger partial charge in [0.1, 0.15) is 24.2 Å². The van der Waals surface area contributed by atoms with Gasteiger partial charge in [-0.05, 0) is 41.5 Å². The number of rotatable bonds is 9. The van der Waals surface area contributed by atoms with Gasteiger partial charge in [0.2, 0.25) is 15.9 Å². The van der Waals surface area contributed by atoms with E-state index in [1.54, 1.807) is 6.92 Å². The minimum Gasteiger partial charge on any atom is -0.492 e. The highest BCUT2D eigenvalue weighted by atomic mass is 32.2. The number of benzene rings is 3. The molecule has 0 aromatic heterocycles. The topological polar surface area (TPSA) is 75.7 Å². The molecule has 1 atom stereocenters. The number of carbonyl (C=O) groups excluding carboxylic acids is 1. The maximum atomic E-state index is 14.3. The molecule has 0 aliphatic rings. The Morgan fingerprint density at radius 1 is 1.06 bits per heavy atom. The predicted molar refractivity (Wildman–Crippen MR) is 120 cm³/mol. The highest BCUT2D eigenvalue weighted by Gasteiger charge is 2.32. The van der Waals surface area contributed by atoms with Crippen molar-refractivity contribution in [3.8, 4) is 5.75 Å². The van der Waals surface area contributed by atoms with E-state index in [0.29, 0.717) is 5.75 Å². The molecule has 8 heteroatoms. The zero-order valence-electron chi connectivity index (χ0n) is 17.4. The van der Waals surface area contributed by atoms with Crippen molar-refractivity contribution < 1.29 is 22.3 Å². The number of nitrogens with one attached hydrogen (secondary N) is 1. The maximum absolute atomic E-state index is 14.3. The Morgan fingerprint density at radius 3 is 2.42 bits per heavy atom. The van der Waals surface area contributed by atoms with Crippen LogP contribution in [0, 0.1) is 5.82 Å². The first kappa shape index (κ1) is 22.6. The molecule has 1 amide bonds. The van der Waals surface area contributed by atoms with Crippen molar-refractivity contribution in [1.82, 2.24) is 5.32 Å². The second kappa shape index (κ2) is 9.78. The molecule has 164 valence electrons. The van der Waals surface area contributed by atoms with E-state index in [-0.39, 0.29) is 25.3 Å². The van der Waals surface area contributed by atoms with Gasteiger partial charge in [-0.1, -0.05) is 49.4 Å². The van der Waals surface area contributed by atoms with Gasteiger partial charge in [-0.25, -0.2) is 12.8 Å². The van der Waals surface area contributed by atoms with Gasteiger partial charge >= 0.3 is 0 Å². The van der Waals surface area contributed by atoms with Crippen molar-refractivity contribution in [2.45, 2.75) is 19.4 Å². The third kappa shape index (κ3) is 5.52. The lowest BCUT2D eigenvalue weighted by Crippen LogP contribution is -2.50. The monoisotopic (exact) mass is 444 g/mol. The van der Waals surface area contributed by atoms with E-state index >= 15 is 0 Å². The largest absolute Gasteiger partial charge is 0.492 e. The zero-order chi connectivity index (χ0) is 22.4. The summed E-state index contributed by atoms with van der Waals surface area (Å²) in [6.07, 6.45) is 1.14. The predicted octanol–water partition coefficient (Wildman–Crippen LogP) is 3.72. The number of carbonyl (C=O) groups is 1. The average Bonchev–Trinajstić information content (AvgIpc) is 2.74. The number of para-hydroxylation sites is 1. The molecule has 0 fully saturated rings. The molecule has 1 N–H and O–H groups in total. The van der Waals surface area contributed by atoms with E-state index in [1.807, 2.05) is 42.5 Å². The number of hydrogen-bond donors (Lipinski definition) is 1. The van der Waals surface area contributed by atoms with E-state index in [1.165, 1.54) is 18.2 Å². The Balaban J connectivity index is 1.64. The van der Waals surface area contributed by atoms with Crippen LogP contribution >= 0.6 is 0 Å². The van der Waals surface area contributed by atoms with Gasteiger partial charge in [0.25, 0.3) is 0 Å². The van der Waals surface area contributed by atoms with Crippen molar-refractivity contribution in [1.29, 1.82) is 0 Å². The van der Waals surface area contributed by atoms with Crippen LogP contribution < -0.4 is 14.4 Å². The fourth-order valence-electron chi connectivity index (χ4n) is 3.38. The molecule has 0 saturated carbocycles. The molecule has 6 nitrogen and oxygen atoms in total. The molecule has 0 saturated heterocycles. The molecular weight excluding hydrogens is 419 g/mol. The number of amides is 1. The Kier molecular flexibility index (Phi) is 7.12. The summed E-state index contributed by atoms with van der Waals surface area (Å²) in [4.78, 5) is 12.7. The lowest BCUT2D eigenvalue weighted by Gasteiger charge is -2.30. The molecule has 3 aromatic rings. The van der Waals surface area contributed by atoms with Crippen LogP contribution in [0.25, 0.3) is 10.8 Å². The average molecular weight is 445 g/mol. The molecule has 0 radical (unpaired) electrons. The zero-order valence-corrected chi connectivity index (χ0v) is 18.2. The van der Waals surface area contributed by atoms with Crippen LogP contribution in [0.1, 0.15) is 13.3 Å². The van der Waals surface area contributed by atoms with Gasteiger partial charge < -0.3 is 10.1 Å². The minimum absolute atomic E-state index is 0.153. The molecule has 0 aliphatic carbocycles. The van der Waals surface area contributed by atoms with E-state index in [2.05, 4.69) is 5.32 Å². The number of fused-ring (bicyclic) bond motifs is 1. The van der Waals surface area contributed by atoms with Gasteiger partial charge in [0.15, 0.2) is 0 Å². The van der Waals surface area contributed by atoms with E-state index in [4.69, 9.17) is 4.74 Å². The van der Waals surface area contributed by atoms with Crippen LogP contribution in [0.15, 0.2) is 66.7 Å². The van der Waals surface area contributed by atoms with Crippen molar-refractivity contribution in [2.75, 3.05) is 23.7 Å². The first-order valence-corrected chi connectivity index (χ1v) is 11.8. The standard InChI is InChI=1S/C23H25FN2O4S/c1-3-21(26(31(2,28)29)22-11-7-6-10-20(22)24)23(27)25-14-15-30-19-13-12-17-8-4-5-9-18(17)16-19/h4-13,16,21H,3,14-15H2,1-2H3,(H,25,27)/t21-/m1/s1. The Hall–Kier alpha value is -3.13. The lowest BCUT2D eigenvalue weighted by atomic mass is 10.1. The summed E-state index contributed by atoms with van der Waals surface area (Å²) in [5.74, 6) is -0.554. The number of anilines is 1.